The molecule has 8 rings (SSSR count). The number of rotatable bonds is 9. The molecule has 0 unspecified atom stereocenters. The van der Waals surface area contributed by atoms with Crippen molar-refractivity contribution in [3.8, 4) is 11.5 Å². The summed E-state index contributed by atoms with van der Waals surface area (Å²) in [4.78, 5) is 21.6. The van der Waals surface area contributed by atoms with Gasteiger partial charge < -0.3 is 19.7 Å². The average Bonchev–Trinajstić information content (AvgIpc) is 3.50. The van der Waals surface area contributed by atoms with Crippen LogP contribution >= 0.6 is 50.3 Å². The Morgan fingerprint density at radius 2 is 1.52 bits per heavy atom. The van der Waals surface area contributed by atoms with E-state index in [9.17, 15) is 4.79 Å². The monoisotopic (exact) mass is 881 g/mol. The highest BCUT2D eigenvalue weighted by atomic mass is 127. The van der Waals surface area contributed by atoms with Crippen LogP contribution in [0.25, 0.3) is 6.08 Å². The van der Waals surface area contributed by atoms with Gasteiger partial charge in [0, 0.05) is 35.1 Å². The van der Waals surface area contributed by atoms with Crippen LogP contribution in [0.2, 0.25) is 0 Å². The maximum absolute atomic E-state index is 13.4. The highest BCUT2D eigenvalue weighted by molar-refractivity contribution is 14.1. The molecule has 0 radical (unpaired) electrons. The first kappa shape index (κ1) is 35.0. The van der Waals surface area contributed by atoms with Crippen LogP contribution in [0.4, 0.5) is 11.4 Å². The summed E-state index contributed by atoms with van der Waals surface area (Å²) in [5, 5.41) is 3.62. The summed E-state index contributed by atoms with van der Waals surface area (Å²) in [5.74, 6) is 1.74. The summed E-state index contributed by atoms with van der Waals surface area (Å²) in [6.45, 7) is 4.95. The predicted molar refractivity (Wildman–Crippen MR) is 224 cm³/mol. The number of benzene rings is 5. The standard InChI is InChI=1S/C43H37BrIN3O3S/c1-2-50-38-22-28(21-37(45)41(38)51-26-27-13-15-31(44)16-14-27)23-39-42(49)47-43(52-39)46-32-24-35-33(29-9-5-3-6-10-29)17-19-48-20-18-34(36(25-32)40(35)48)30-11-7-4-8-12-30/h3-16,21-25,33-34H,2,17-20,26H2,1H3,(H,46,47,49)/b39-23-/t33-,34-/m0/s1. The SMILES string of the molecule is CCOc1cc(/C=C2\SC(=Nc3cc4c5c(c3)[C@H](c3ccccc3)CCN5CC[C@H]4c3ccccc3)NC2=O)cc(I)c1OCc1ccc(Br)cc1. The molecule has 1 N–H and O–H groups in total. The van der Waals surface area contributed by atoms with E-state index in [2.05, 4.69) is 122 Å². The largest absolute Gasteiger partial charge is 0.490 e. The van der Waals surface area contributed by atoms with E-state index in [1.54, 1.807) is 0 Å². The third-order valence-electron chi connectivity index (χ3n) is 9.81. The van der Waals surface area contributed by atoms with Gasteiger partial charge >= 0.3 is 0 Å². The summed E-state index contributed by atoms with van der Waals surface area (Å²) in [6.07, 6.45) is 4.01. The fourth-order valence-electron chi connectivity index (χ4n) is 7.46. The second-order valence-corrected chi connectivity index (χ2v) is 16.2. The molecule has 0 saturated carbocycles. The Bertz CT molecular complexity index is 2100. The number of amides is 1. The van der Waals surface area contributed by atoms with Crippen molar-refractivity contribution in [2.75, 3.05) is 24.6 Å². The third kappa shape index (κ3) is 7.40. The van der Waals surface area contributed by atoms with Gasteiger partial charge in [-0.3, -0.25) is 4.79 Å². The maximum atomic E-state index is 13.4. The molecule has 1 amide bonds. The zero-order chi connectivity index (χ0) is 35.6. The van der Waals surface area contributed by atoms with Crippen molar-refractivity contribution < 1.29 is 14.3 Å². The van der Waals surface area contributed by atoms with Crippen LogP contribution in [0.5, 0.6) is 11.5 Å². The van der Waals surface area contributed by atoms with Crippen LogP contribution in [0, 0.1) is 3.57 Å². The topological polar surface area (TPSA) is 63.2 Å². The first-order valence-electron chi connectivity index (χ1n) is 17.6. The average molecular weight is 883 g/mol. The number of carbonyl (C=O) groups is 1. The Kier molecular flexibility index (Phi) is 10.4. The van der Waals surface area contributed by atoms with Crippen LogP contribution in [-0.4, -0.2) is 30.8 Å². The molecule has 0 spiro atoms. The fourth-order valence-corrected chi connectivity index (χ4v) is 9.35. The number of carbonyl (C=O) groups excluding carboxylic acids is 1. The lowest BCUT2D eigenvalue weighted by molar-refractivity contribution is -0.115. The first-order valence-corrected chi connectivity index (χ1v) is 20.3. The van der Waals surface area contributed by atoms with Crippen LogP contribution in [0.15, 0.2) is 124 Å². The predicted octanol–water partition coefficient (Wildman–Crippen LogP) is 10.8. The molecule has 3 heterocycles. The Morgan fingerprint density at radius 3 is 2.13 bits per heavy atom. The minimum absolute atomic E-state index is 0.165. The Hall–Kier alpha value is -4.06. The van der Waals surface area contributed by atoms with E-state index in [-0.39, 0.29) is 17.7 Å². The molecule has 262 valence electrons. The second kappa shape index (κ2) is 15.5. The van der Waals surface area contributed by atoms with Crippen molar-refractivity contribution in [1.82, 2.24) is 5.32 Å². The summed E-state index contributed by atoms with van der Waals surface area (Å²) in [7, 11) is 0. The van der Waals surface area contributed by atoms with Crippen molar-refractivity contribution in [3.63, 3.8) is 0 Å². The normalized spacial score (nSPS) is 19.4. The minimum Gasteiger partial charge on any atom is -0.490 e. The summed E-state index contributed by atoms with van der Waals surface area (Å²) >= 11 is 7.13. The molecule has 0 aromatic heterocycles. The van der Waals surface area contributed by atoms with Crippen molar-refractivity contribution >= 4 is 78.8 Å². The van der Waals surface area contributed by atoms with E-state index in [4.69, 9.17) is 14.5 Å². The van der Waals surface area contributed by atoms with Crippen molar-refractivity contribution in [2.24, 2.45) is 4.99 Å². The number of amidine groups is 1. The van der Waals surface area contributed by atoms with Crippen LogP contribution in [-0.2, 0) is 11.4 Å². The molecular weight excluding hydrogens is 845 g/mol. The van der Waals surface area contributed by atoms with Gasteiger partial charge in [-0.25, -0.2) is 4.99 Å². The molecule has 3 aliphatic rings. The van der Waals surface area contributed by atoms with Gasteiger partial charge in [0.2, 0.25) is 0 Å². The van der Waals surface area contributed by atoms with Crippen LogP contribution < -0.4 is 19.7 Å². The summed E-state index contributed by atoms with van der Waals surface area (Å²) < 4.78 is 14.2. The van der Waals surface area contributed by atoms with Gasteiger partial charge in [0.15, 0.2) is 16.7 Å². The molecule has 0 bridgehead atoms. The Morgan fingerprint density at radius 1 is 0.885 bits per heavy atom. The van der Waals surface area contributed by atoms with Gasteiger partial charge in [-0.1, -0.05) is 88.7 Å². The number of nitrogens with one attached hydrogen (secondary N) is 1. The van der Waals surface area contributed by atoms with E-state index < -0.39 is 0 Å². The molecule has 52 heavy (non-hydrogen) atoms. The lowest BCUT2D eigenvalue weighted by Gasteiger charge is -2.43. The number of nitrogens with zero attached hydrogens (tertiary/aromatic N) is 2. The first-order chi connectivity index (χ1) is 25.4. The zero-order valence-electron chi connectivity index (χ0n) is 28.7. The van der Waals surface area contributed by atoms with Gasteiger partial charge in [-0.15, -0.1) is 0 Å². The van der Waals surface area contributed by atoms with Gasteiger partial charge in [0.25, 0.3) is 5.91 Å². The molecule has 2 atom stereocenters. The number of anilines is 1. The number of thioether (sulfide) groups is 1. The quantitative estimate of drug-likeness (QED) is 0.118. The number of ether oxygens (including phenoxy) is 2. The lowest BCUT2D eigenvalue weighted by atomic mass is 9.76. The van der Waals surface area contributed by atoms with Crippen molar-refractivity contribution in [3.05, 3.63) is 156 Å². The molecule has 5 aromatic carbocycles. The second-order valence-electron chi connectivity index (χ2n) is 13.1. The number of aliphatic imine (C=N–C) groups is 1. The highest BCUT2D eigenvalue weighted by Crippen LogP contribution is 2.50. The van der Waals surface area contributed by atoms with Crippen molar-refractivity contribution in [2.45, 2.75) is 38.2 Å². The number of halogens is 2. The van der Waals surface area contributed by atoms with E-state index in [1.807, 2.05) is 49.4 Å². The number of hydrogen-bond acceptors (Lipinski definition) is 6. The molecule has 1 saturated heterocycles. The van der Waals surface area contributed by atoms with Crippen molar-refractivity contribution in [1.29, 1.82) is 0 Å². The van der Waals surface area contributed by atoms with E-state index in [0.29, 0.717) is 34.8 Å². The van der Waals surface area contributed by atoms with E-state index in [0.717, 1.165) is 50.8 Å². The third-order valence-corrected chi connectivity index (χ3v) is 12.0. The molecule has 1 fully saturated rings. The molecular formula is C43H37BrIN3O3S. The van der Waals surface area contributed by atoms with Gasteiger partial charge in [0.05, 0.1) is 20.8 Å². The maximum Gasteiger partial charge on any atom is 0.264 e. The van der Waals surface area contributed by atoms with E-state index in [1.165, 1.54) is 39.7 Å². The van der Waals surface area contributed by atoms with Gasteiger partial charge in [-0.05, 0) is 130 Å². The molecule has 5 aromatic rings. The summed E-state index contributed by atoms with van der Waals surface area (Å²) in [5.41, 5.74) is 9.44. The smallest absolute Gasteiger partial charge is 0.264 e. The van der Waals surface area contributed by atoms with Crippen LogP contribution in [0.1, 0.15) is 65.0 Å². The highest BCUT2D eigenvalue weighted by Gasteiger charge is 2.35. The molecule has 0 aliphatic carbocycles. The Balaban J connectivity index is 1.11. The Labute approximate surface area is 331 Å². The van der Waals surface area contributed by atoms with E-state index >= 15 is 0 Å². The minimum atomic E-state index is -0.165. The molecule has 3 aliphatic heterocycles. The van der Waals surface area contributed by atoms with Gasteiger partial charge in [0.1, 0.15) is 6.61 Å². The fraction of sp³-hybridized carbons (Fsp3) is 0.209. The molecule has 9 heteroatoms. The lowest BCUT2D eigenvalue weighted by Crippen LogP contribution is -2.37. The zero-order valence-corrected chi connectivity index (χ0v) is 33.2. The van der Waals surface area contributed by atoms with Crippen LogP contribution in [0.3, 0.4) is 0 Å². The molecule has 6 nitrogen and oxygen atoms in total. The van der Waals surface area contributed by atoms with Gasteiger partial charge in [-0.2, -0.15) is 0 Å². The number of hydrogen-bond donors (Lipinski definition) is 1. The summed E-state index contributed by atoms with van der Waals surface area (Å²) in [6, 6.07) is 38.2.